The Morgan fingerprint density at radius 3 is 2.84 bits per heavy atom. The van der Waals surface area contributed by atoms with E-state index in [0.29, 0.717) is 31.1 Å². The van der Waals surface area contributed by atoms with E-state index in [9.17, 15) is 4.79 Å². The third-order valence-electron chi connectivity index (χ3n) is 6.22. The molecule has 166 valence electrons. The highest BCUT2D eigenvalue weighted by molar-refractivity contribution is 7.25. The second-order valence-corrected chi connectivity index (χ2v) is 9.93. The van der Waals surface area contributed by atoms with Gasteiger partial charge in [0.15, 0.2) is 0 Å². The smallest absolute Gasteiger partial charge is 0.271 e. The van der Waals surface area contributed by atoms with Crippen LogP contribution in [0.25, 0.3) is 20.4 Å². The quantitative estimate of drug-likeness (QED) is 0.471. The highest BCUT2D eigenvalue weighted by Crippen LogP contribution is 2.42. The lowest BCUT2D eigenvalue weighted by molar-refractivity contribution is -0.0396. The number of fused-ring (bicyclic) bond motifs is 5. The molecular formula is C23H24N4O4S. The van der Waals surface area contributed by atoms with Gasteiger partial charge in [-0.1, -0.05) is 0 Å². The van der Waals surface area contributed by atoms with Crippen LogP contribution in [0.3, 0.4) is 0 Å². The van der Waals surface area contributed by atoms with Crippen LogP contribution in [0.15, 0.2) is 33.9 Å². The molecule has 8 nitrogen and oxygen atoms in total. The number of aromatic nitrogens is 3. The van der Waals surface area contributed by atoms with Crippen LogP contribution in [0, 0.1) is 0 Å². The lowest BCUT2D eigenvalue weighted by atomic mass is 9.90. The fraction of sp³-hybridized carbons (Fsp3) is 0.435. The number of rotatable bonds is 3. The van der Waals surface area contributed by atoms with E-state index >= 15 is 0 Å². The molecule has 32 heavy (non-hydrogen) atoms. The third-order valence-corrected chi connectivity index (χ3v) is 7.28. The lowest BCUT2D eigenvalue weighted by Gasteiger charge is -2.36. The van der Waals surface area contributed by atoms with Crippen molar-refractivity contribution in [3.8, 4) is 0 Å². The molecule has 0 aliphatic carbocycles. The first-order chi connectivity index (χ1) is 15.5. The van der Waals surface area contributed by atoms with E-state index in [1.54, 1.807) is 17.2 Å². The minimum absolute atomic E-state index is 0.0672. The molecule has 0 saturated carbocycles. The molecule has 0 radical (unpaired) electrons. The summed E-state index contributed by atoms with van der Waals surface area (Å²) in [5, 5.41) is 0.996. The van der Waals surface area contributed by atoms with Crippen molar-refractivity contribution in [3.05, 3.63) is 52.0 Å². The molecular weight excluding hydrogens is 428 g/mol. The van der Waals surface area contributed by atoms with Crippen molar-refractivity contribution in [3.63, 3.8) is 0 Å². The lowest BCUT2D eigenvalue weighted by Crippen LogP contribution is -2.39. The van der Waals surface area contributed by atoms with Gasteiger partial charge in [0, 0.05) is 30.5 Å². The van der Waals surface area contributed by atoms with E-state index in [4.69, 9.17) is 23.9 Å². The van der Waals surface area contributed by atoms with Crippen LogP contribution >= 0.6 is 11.3 Å². The highest BCUT2D eigenvalue weighted by Gasteiger charge is 2.33. The largest absolute Gasteiger partial charge is 0.467 e. The van der Waals surface area contributed by atoms with Gasteiger partial charge in [-0.15, -0.1) is 11.3 Å². The summed E-state index contributed by atoms with van der Waals surface area (Å²) in [6, 6.07) is 3.68. The molecule has 1 fully saturated rings. The number of pyridine rings is 1. The van der Waals surface area contributed by atoms with E-state index < -0.39 is 0 Å². The minimum atomic E-state index is -0.286. The van der Waals surface area contributed by atoms with Gasteiger partial charge in [-0.3, -0.25) is 9.36 Å². The monoisotopic (exact) mass is 452 g/mol. The summed E-state index contributed by atoms with van der Waals surface area (Å²) in [5.74, 6) is 1.67. The van der Waals surface area contributed by atoms with Crippen LogP contribution in [-0.4, -0.2) is 46.4 Å². The van der Waals surface area contributed by atoms with Crippen molar-refractivity contribution in [1.82, 2.24) is 14.5 Å². The Morgan fingerprint density at radius 2 is 2.06 bits per heavy atom. The molecule has 9 heteroatoms. The summed E-state index contributed by atoms with van der Waals surface area (Å²) < 4.78 is 19.4. The molecule has 0 atom stereocenters. The van der Waals surface area contributed by atoms with E-state index in [1.807, 2.05) is 12.1 Å². The van der Waals surface area contributed by atoms with Gasteiger partial charge in [-0.25, -0.2) is 9.97 Å². The summed E-state index contributed by atoms with van der Waals surface area (Å²) in [6.45, 7) is 8.04. The fourth-order valence-electron chi connectivity index (χ4n) is 4.60. The number of anilines is 1. The van der Waals surface area contributed by atoms with Gasteiger partial charge in [0.1, 0.15) is 21.1 Å². The Kier molecular flexibility index (Phi) is 4.60. The van der Waals surface area contributed by atoms with Crippen molar-refractivity contribution in [2.24, 2.45) is 0 Å². The number of hydrogen-bond donors (Lipinski definition) is 0. The second kappa shape index (κ2) is 7.40. The SMILES string of the molecule is CC1(C)Cc2c(c(N3CCOCC3)nc3sc4c(=O)n(Cc5ccco5)cnc4c23)CO1. The highest BCUT2D eigenvalue weighted by atomic mass is 32.1. The predicted octanol–water partition coefficient (Wildman–Crippen LogP) is 3.34. The van der Waals surface area contributed by atoms with Crippen LogP contribution in [0.4, 0.5) is 5.82 Å². The van der Waals surface area contributed by atoms with Crippen LogP contribution in [0.2, 0.25) is 0 Å². The van der Waals surface area contributed by atoms with Gasteiger partial charge in [0.2, 0.25) is 0 Å². The maximum absolute atomic E-state index is 13.3. The first kappa shape index (κ1) is 19.9. The molecule has 0 aromatic carbocycles. The van der Waals surface area contributed by atoms with E-state index in [1.165, 1.54) is 16.9 Å². The van der Waals surface area contributed by atoms with E-state index in [0.717, 1.165) is 52.4 Å². The van der Waals surface area contributed by atoms with Gasteiger partial charge < -0.3 is 18.8 Å². The maximum Gasteiger partial charge on any atom is 0.271 e. The van der Waals surface area contributed by atoms with Gasteiger partial charge in [-0.05, 0) is 31.5 Å². The van der Waals surface area contributed by atoms with Crippen LogP contribution < -0.4 is 10.5 Å². The van der Waals surface area contributed by atoms with Gasteiger partial charge >= 0.3 is 0 Å². The molecule has 2 aliphatic heterocycles. The van der Waals surface area contributed by atoms with Crippen LogP contribution in [-0.2, 0) is 29.0 Å². The zero-order chi connectivity index (χ0) is 21.9. The Morgan fingerprint density at radius 1 is 1.22 bits per heavy atom. The summed E-state index contributed by atoms with van der Waals surface area (Å²) >= 11 is 1.43. The number of thiophene rings is 1. The van der Waals surface area contributed by atoms with E-state index in [-0.39, 0.29) is 11.2 Å². The summed E-state index contributed by atoms with van der Waals surface area (Å²) in [7, 11) is 0. The number of furan rings is 1. The van der Waals surface area contributed by atoms with Crippen molar-refractivity contribution in [1.29, 1.82) is 0 Å². The molecule has 0 bridgehead atoms. The standard InChI is InChI=1S/C23H24N4O4S/c1-23(2)10-15-16(12-31-23)20(26-5-8-29-9-6-26)25-21-17(15)18-19(32-21)22(28)27(13-24-18)11-14-4-3-7-30-14/h3-4,7,13H,5-6,8-12H2,1-2H3. The molecule has 6 rings (SSSR count). The van der Waals surface area contributed by atoms with Crippen LogP contribution in [0.1, 0.15) is 30.7 Å². The van der Waals surface area contributed by atoms with Crippen molar-refractivity contribution < 1.29 is 13.9 Å². The average molecular weight is 453 g/mol. The van der Waals surface area contributed by atoms with Crippen molar-refractivity contribution in [2.45, 2.75) is 39.0 Å². The zero-order valence-corrected chi connectivity index (χ0v) is 18.9. The Hall–Kier alpha value is -2.75. The molecule has 4 aromatic heterocycles. The van der Waals surface area contributed by atoms with Gasteiger partial charge in [0.25, 0.3) is 5.56 Å². The molecule has 6 heterocycles. The first-order valence-electron chi connectivity index (χ1n) is 10.8. The summed E-state index contributed by atoms with van der Waals surface area (Å²) in [5.41, 5.74) is 2.70. The van der Waals surface area contributed by atoms with Gasteiger partial charge in [-0.2, -0.15) is 0 Å². The Bertz CT molecular complexity index is 1370. The van der Waals surface area contributed by atoms with Crippen molar-refractivity contribution >= 4 is 37.6 Å². The third kappa shape index (κ3) is 3.23. The van der Waals surface area contributed by atoms with Crippen molar-refractivity contribution in [2.75, 3.05) is 31.2 Å². The Labute approximate surface area is 188 Å². The average Bonchev–Trinajstić information content (AvgIpc) is 3.43. The number of nitrogens with zero attached hydrogens (tertiary/aromatic N) is 4. The second-order valence-electron chi connectivity index (χ2n) is 8.93. The first-order valence-corrected chi connectivity index (χ1v) is 11.6. The minimum Gasteiger partial charge on any atom is -0.467 e. The molecule has 4 aromatic rings. The maximum atomic E-state index is 13.3. The molecule has 2 aliphatic rings. The Balaban J connectivity index is 1.57. The normalized spacial score (nSPS) is 18.4. The summed E-state index contributed by atoms with van der Waals surface area (Å²) in [4.78, 5) is 26.2. The molecule has 0 spiro atoms. The topological polar surface area (TPSA) is 82.6 Å². The number of ether oxygens (including phenoxy) is 2. The predicted molar refractivity (Wildman–Crippen MR) is 123 cm³/mol. The number of hydrogen-bond acceptors (Lipinski definition) is 8. The molecule has 0 amide bonds. The zero-order valence-electron chi connectivity index (χ0n) is 18.1. The van der Waals surface area contributed by atoms with Crippen LogP contribution in [0.5, 0.6) is 0 Å². The fourth-order valence-corrected chi connectivity index (χ4v) is 5.70. The molecule has 1 saturated heterocycles. The van der Waals surface area contributed by atoms with Gasteiger partial charge in [0.05, 0.1) is 50.1 Å². The molecule has 0 N–H and O–H groups in total. The number of morpholine rings is 1. The molecule has 0 unspecified atom stereocenters. The van der Waals surface area contributed by atoms with E-state index in [2.05, 4.69) is 18.7 Å². The summed E-state index contributed by atoms with van der Waals surface area (Å²) in [6.07, 6.45) is 3.98.